The molecule has 0 aliphatic carbocycles. The number of benzene rings is 1. The number of nitro groups is 1. The van der Waals surface area contributed by atoms with Gasteiger partial charge in [0.25, 0.3) is 5.69 Å². The lowest BCUT2D eigenvalue weighted by Gasteiger charge is -2.24. The summed E-state index contributed by atoms with van der Waals surface area (Å²) in [5.41, 5.74) is 11.0. The summed E-state index contributed by atoms with van der Waals surface area (Å²) in [6.07, 6.45) is 0.585. The van der Waals surface area contributed by atoms with Gasteiger partial charge in [0, 0.05) is 17.8 Å². The number of non-ortho nitro benzene ring substituents is 1. The Morgan fingerprint density at radius 2 is 1.36 bits per heavy atom. The van der Waals surface area contributed by atoms with E-state index in [1.807, 2.05) is 0 Å². The molecule has 1 aromatic rings. The maximum atomic E-state index is 12.7. The molecule has 4 atom stereocenters. The van der Waals surface area contributed by atoms with Crippen molar-refractivity contribution in [1.82, 2.24) is 16.0 Å². The molecule has 39 heavy (non-hydrogen) atoms. The summed E-state index contributed by atoms with van der Waals surface area (Å²) >= 11 is 0. The van der Waals surface area contributed by atoms with Gasteiger partial charge in [0.15, 0.2) is 0 Å². The number of rotatable bonds is 17. The number of hydrogen-bond donors (Lipinski definition) is 9. The number of aliphatic hydroxyl groups is 2. The molecule has 17 nitrogen and oxygen atoms in total. The van der Waals surface area contributed by atoms with E-state index in [4.69, 9.17) is 16.6 Å². The van der Waals surface area contributed by atoms with Gasteiger partial charge < -0.3 is 48.1 Å². The first-order valence-electron chi connectivity index (χ1n) is 11.8. The van der Waals surface area contributed by atoms with Crippen LogP contribution in [0.4, 0.5) is 11.4 Å². The molecule has 0 fully saturated rings. The van der Waals surface area contributed by atoms with Crippen LogP contribution in [0.1, 0.15) is 25.7 Å². The molecule has 0 aromatic heterocycles. The smallest absolute Gasteiger partial charge is 0.305 e. The third-order valence-electron chi connectivity index (χ3n) is 5.29. The minimum atomic E-state index is -1.69. The van der Waals surface area contributed by atoms with Gasteiger partial charge in [-0.2, -0.15) is 0 Å². The first-order chi connectivity index (χ1) is 18.4. The highest BCUT2D eigenvalue weighted by molar-refractivity contribution is 6.00. The Labute approximate surface area is 222 Å². The lowest BCUT2D eigenvalue weighted by atomic mass is 10.1. The van der Waals surface area contributed by atoms with E-state index in [0.717, 1.165) is 12.1 Å². The number of aliphatic hydroxyl groups excluding tert-OH is 2. The molecule has 4 amide bonds. The maximum absolute atomic E-state index is 12.7. The topological polar surface area (TPSA) is 289 Å². The molecular formula is C22H33N7O10. The Hall–Kier alpha value is -4.19. The molecule has 0 aliphatic heterocycles. The van der Waals surface area contributed by atoms with Crippen LogP contribution in [0.2, 0.25) is 0 Å². The van der Waals surface area contributed by atoms with Crippen LogP contribution in [0.25, 0.3) is 0 Å². The predicted octanol–water partition coefficient (Wildman–Crippen LogP) is -3.10. The fraction of sp³-hybridized carbons (Fsp3) is 0.500. The van der Waals surface area contributed by atoms with Crippen molar-refractivity contribution in [2.75, 3.05) is 25.1 Å². The van der Waals surface area contributed by atoms with Crippen LogP contribution in [-0.2, 0) is 24.0 Å². The molecular weight excluding hydrogens is 522 g/mol. The quantitative estimate of drug-likeness (QED) is 0.0525. The summed E-state index contributed by atoms with van der Waals surface area (Å²) in [4.78, 5) is 71.3. The van der Waals surface area contributed by atoms with Gasteiger partial charge in [-0.15, -0.1) is 0 Å². The van der Waals surface area contributed by atoms with Crippen molar-refractivity contribution in [2.24, 2.45) is 11.5 Å². The van der Waals surface area contributed by atoms with Crippen LogP contribution in [0.5, 0.6) is 0 Å². The van der Waals surface area contributed by atoms with Crippen LogP contribution in [0.3, 0.4) is 0 Å². The second-order valence-corrected chi connectivity index (χ2v) is 8.33. The zero-order valence-electron chi connectivity index (χ0n) is 20.9. The summed E-state index contributed by atoms with van der Waals surface area (Å²) in [6, 6.07) is -1.29. The monoisotopic (exact) mass is 555 g/mol. The summed E-state index contributed by atoms with van der Waals surface area (Å²) in [7, 11) is 0. The molecule has 0 spiro atoms. The van der Waals surface area contributed by atoms with Crippen molar-refractivity contribution >= 4 is 41.0 Å². The van der Waals surface area contributed by atoms with Gasteiger partial charge in [-0.25, -0.2) is 0 Å². The SMILES string of the molecule is NCCCC[C@H](N)C(=O)N[C@@H](CO)C(=O)N[C@@H](CO)C(=O)N[C@@H](CC(=O)O)C(=O)Nc1ccc([N+](=O)[O-])cc1. The van der Waals surface area contributed by atoms with E-state index in [9.17, 15) is 44.3 Å². The molecule has 0 saturated carbocycles. The first-order valence-corrected chi connectivity index (χ1v) is 11.8. The average molecular weight is 556 g/mol. The fourth-order valence-corrected chi connectivity index (χ4v) is 3.13. The Morgan fingerprint density at radius 3 is 1.82 bits per heavy atom. The van der Waals surface area contributed by atoms with Crippen LogP contribution in [0, 0.1) is 10.1 Å². The maximum Gasteiger partial charge on any atom is 0.305 e. The number of carbonyl (C=O) groups is 5. The Balaban J connectivity index is 2.84. The molecule has 0 radical (unpaired) electrons. The van der Waals surface area contributed by atoms with E-state index in [1.54, 1.807) is 0 Å². The molecule has 1 aromatic carbocycles. The van der Waals surface area contributed by atoms with E-state index in [-0.39, 0.29) is 17.8 Å². The number of anilines is 1. The molecule has 216 valence electrons. The number of aliphatic carboxylic acids is 1. The second kappa shape index (κ2) is 16.6. The van der Waals surface area contributed by atoms with Crippen LogP contribution in [0.15, 0.2) is 24.3 Å². The number of nitro benzene ring substituents is 1. The van der Waals surface area contributed by atoms with Crippen molar-refractivity contribution in [3.63, 3.8) is 0 Å². The minimum Gasteiger partial charge on any atom is -0.481 e. The third kappa shape index (κ3) is 11.4. The van der Waals surface area contributed by atoms with Crippen molar-refractivity contribution in [2.45, 2.75) is 49.9 Å². The van der Waals surface area contributed by atoms with Crippen molar-refractivity contribution < 1.29 is 44.2 Å². The molecule has 11 N–H and O–H groups in total. The number of nitrogens with two attached hydrogens (primary N) is 2. The fourth-order valence-electron chi connectivity index (χ4n) is 3.13. The predicted molar refractivity (Wildman–Crippen MR) is 135 cm³/mol. The number of amides is 4. The largest absolute Gasteiger partial charge is 0.481 e. The van der Waals surface area contributed by atoms with Crippen LogP contribution in [-0.4, -0.2) is 93.8 Å². The van der Waals surface area contributed by atoms with Gasteiger partial charge in [0.1, 0.15) is 18.1 Å². The lowest BCUT2D eigenvalue weighted by molar-refractivity contribution is -0.384. The van der Waals surface area contributed by atoms with Crippen molar-refractivity contribution in [3.8, 4) is 0 Å². The Bertz CT molecular complexity index is 1020. The number of carboxylic acids is 1. The number of carbonyl (C=O) groups excluding carboxylic acids is 4. The number of nitrogens with one attached hydrogen (secondary N) is 4. The highest BCUT2D eigenvalue weighted by Gasteiger charge is 2.31. The first kappa shape index (κ1) is 32.8. The van der Waals surface area contributed by atoms with Gasteiger partial charge in [-0.1, -0.05) is 6.42 Å². The summed E-state index contributed by atoms with van der Waals surface area (Å²) in [5, 5.41) is 47.8. The Kier molecular flexibility index (Phi) is 14.0. The molecule has 1 rings (SSSR count). The summed E-state index contributed by atoms with van der Waals surface area (Å²) in [6.45, 7) is -1.44. The molecule has 0 saturated heterocycles. The van der Waals surface area contributed by atoms with Crippen LogP contribution < -0.4 is 32.7 Å². The molecule has 0 heterocycles. The summed E-state index contributed by atoms with van der Waals surface area (Å²) in [5.74, 6) is -5.39. The van der Waals surface area contributed by atoms with E-state index >= 15 is 0 Å². The average Bonchev–Trinajstić information content (AvgIpc) is 2.89. The van der Waals surface area contributed by atoms with E-state index in [0.29, 0.717) is 19.4 Å². The summed E-state index contributed by atoms with van der Waals surface area (Å²) < 4.78 is 0. The van der Waals surface area contributed by atoms with Gasteiger partial charge in [0.2, 0.25) is 23.6 Å². The molecule has 0 bridgehead atoms. The van der Waals surface area contributed by atoms with Gasteiger partial charge in [-0.3, -0.25) is 34.1 Å². The van der Waals surface area contributed by atoms with E-state index < -0.39 is 78.3 Å². The van der Waals surface area contributed by atoms with Crippen molar-refractivity contribution in [3.05, 3.63) is 34.4 Å². The van der Waals surface area contributed by atoms with Crippen molar-refractivity contribution in [1.29, 1.82) is 0 Å². The number of unbranched alkanes of at least 4 members (excludes halogenated alkanes) is 1. The minimum absolute atomic E-state index is 0.0741. The lowest BCUT2D eigenvalue weighted by Crippen LogP contribution is -2.59. The van der Waals surface area contributed by atoms with E-state index in [1.165, 1.54) is 12.1 Å². The number of carboxylic acid groups (broad SMARTS) is 1. The number of hydrogen-bond acceptors (Lipinski definition) is 11. The van der Waals surface area contributed by atoms with E-state index in [2.05, 4.69) is 21.3 Å². The molecule has 0 unspecified atom stereocenters. The zero-order valence-corrected chi connectivity index (χ0v) is 20.9. The standard InChI is InChI=1S/C22H33N7O10/c23-8-2-1-3-14(24)19(34)27-16(10-30)22(37)28-17(11-31)21(36)26-15(9-18(32)33)20(35)25-12-4-6-13(7-5-12)29(38)39/h4-7,14-17,30-31H,1-3,8-11,23-24H2,(H,25,35)(H,26,36)(H,27,34)(H,28,37)(H,32,33)/t14-,15-,16-,17-/m0/s1. The van der Waals surface area contributed by atoms with Gasteiger partial charge in [0.05, 0.1) is 30.6 Å². The molecule has 17 heteroatoms. The second-order valence-electron chi connectivity index (χ2n) is 8.33. The third-order valence-corrected chi connectivity index (χ3v) is 5.29. The van der Waals surface area contributed by atoms with Gasteiger partial charge >= 0.3 is 5.97 Å². The van der Waals surface area contributed by atoms with Gasteiger partial charge in [-0.05, 0) is 31.5 Å². The zero-order chi connectivity index (χ0) is 29.5. The normalized spacial score (nSPS) is 13.7. The Morgan fingerprint density at radius 1 is 0.846 bits per heavy atom. The van der Waals surface area contributed by atoms with Crippen LogP contribution >= 0.6 is 0 Å². The molecule has 0 aliphatic rings. The highest BCUT2D eigenvalue weighted by atomic mass is 16.6. The number of nitrogens with zero attached hydrogens (tertiary/aromatic N) is 1. The highest BCUT2D eigenvalue weighted by Crippen LogP contribution is 2.16.